The standard InChI is InChI=1S/C17H16N4O5/c18-15(22)12-8-11-13(2-1-3-14(11)20-17(12)24)19-16(23)9-4-6-10(7-5-9)21(25)26/h4-8,13H,1-3H2,(H2,18,22)(H,19,23)(H,20,24). The van der Waals surface area contributed by atoms with Gasteiger partial charge in [0.15, 0.2) is 0 Å². The lowest BCUT2D eigenvalue weighted by Gasteiger charge is -2.26. The second-order valence-corrected chi connectivity index (χ2v) is 6.03. The summed E-state index contributed by atoms with van der Waals surface area (Å²) in [7, 11) is 0. The molecule has 1 unspecified atom stereocenters. The fraction of sp³-hybridized carbons (Fsp3) is 0.235. The number of amides is 2. The molecule has 1 aromatic heterocycles. The molecule has 9 nitrogen and oxygen atoms in total. The van der Waals surface area contributed by atoms with Crippen molar-refractivity contribution in [3.8, 4) is 0 Å². The zero-order chi connectivity index (χ0) is 18.8. The van der Waals surface area contributed by atoms with E-state index in [1.165, 1.54) is 30.3 Å². The van der Waals surface area contributed by atoms with Crippen molar-refractivity contribution in [2.24, 2.45) is 5.73 Å². The molecule has 1 aromatic carbocycles. The second-order valence-electron chi connectivity index (χ2n) is 6.03. The zero-order valence-corrected chi connectivity index (χ0v) is 13.7. The molecule has 0 fully saturated rings. The number of hydrogen-bond donors (Lipinski definition) is 3. The van der Waals surface area contributed by atoms with E-state index in [2.05, 4.69) is 10.3 Å². The summed E-state index contributed by atoms with van der Waals surface area (Å²) in [5, 5.41) is 13.5. The largest absolute Gasteiger partial charge is 0.365 e. The lowest BCUT2D eigenvalue weighted by Crippen LogP contribution is -2.34. The van der Waals surface area contributed by atoms with Crippen LogP contribution < -0.4 is 16.6 Å². The minimum absolute atomic E-state index is 0.103. The van der Waals surface area contributed by atoms with Gasteiger partial charge < -0.3 is 16.0 Å². The number of aromatic nitrogens is 1. The molecule has 0 bridgehead atoms. The fourth-order valence-electron chi connectivity index (χ4n) is 3.05. The first kappa shape index (κ1) is 17.3. The van der Waals surface area contributed by atoms with E-state index in [4.69, 9.17) is 5.73 Å². The topological polar surface area (TPSA) is 148 Å². The number of nitro benzene ring substituents is 1. The number of nitrogens with two attached hydrogens (primary N) is 1. The smallest absolute Gasteiger partial charge is 0.269 e. The monoisotopic (exact) mass is 356 g/mol. The molecule has 134 valence electrons. The highest BCUT2D eigenvalue weighted by Gasteiger charge is 2.25. The molecule has 2 amide bonds. The van der Waals surface area contributed by atoms with E-state index in [0.29, 0.717) is 24.1 Å². The fourth-order valence-corrected chi connectivity index (χ4v) is 3.05. The predicted octanol–water partition coefficient (Wildman–Crippen LogP) is 1.19. The maximum absolute atomic E-state index is 12.4. The highest BCUT2D eigenvalue weighted by Crippen LogP contribution is 2.28. The van der Waals surface area contributed by atoms with Gasteiger partial charge in [-0.1, -0.05) is 0 Å². The van der Waals surface area contributed by atoms with Gasteiger partial charge in [-0.3, -0.25) is 24.5 Å². The molecule has 1 aliphatic carbocycles. The van der Waals surface area contributed by atoms with E-state index in [9.17, 15) is 24.5 Å². The van der Waals surface area contributed by atoms with Crippen LogP contribution >= 0.6 is 0 Å². The van der Waals surface area contributed by atoms with Crippen LogP contribution in [0.4, 0.5) is 5.69 Å². The molecular weight excluding hydrogens is 340 g/mol. The van der Waals surface area contributed by atoms with Crippen LogP contribution in [0.1, 0.15) is 50.9 Å². The number of H-pyrrole nitrogens is 1. The highest BCUT2D eigenvalue weighted by atomic mass is 16.6. The Morgan fingerprint density at radius 1 is 1.27 bits per heavy atom. The van der Waals surface area contributed by atoms with Gasteiger partial charge in [0.05, 0.1) is 11.0 Å². The van der Waals surface area contributed by atoms with E-state index >= 15 is 0 Å². The molecule has 0 aliphatic heterocycles. The Labute approximate surface area is 147 Å². The molecule has 0 saturated carbocycles. The number of nitro groups is 1. The number of primary amides is 1. The lowest BCUT2D eigenvalue weighted by molar-refractivity contribution is -0.384. The number of aromatic amines is 1. The average Bonchev–Trinajstić information content (AvgIpc) is 2.61. The number of nitrogens with zero attached hydrogens (tertiary/aromatic N) is 1. The number of fused-ring (bicyclic) bond motifs is 1. The Kier molecular flexibility index (Phi) is 4.53. The van der Waals surface area contributed by atoms with Gasteiger partial charge in [-0.25, -0.2) is 0 Å². The summed E-state index contributed by atoms with van der Waals surface area (Å²) in [6.45, 7) is 0. The summed E-state index contributed by atoms with van der Waals surface area (Å²) in [6.07, 6.45) is 2.02. The summed E-state index contributed by atoms with van der Waals surface area (Å²) < 4.78 is 0. The van der Waals surface area contributed by atoms with Crippen LogP contribution in [0.5, 0.6) is 0 Å². The van der Waals surface area contributed by atoms with E-state index in [1.807, 2.05) is 0 Å². The summed E-state index contributed by atoms with van der Waals surface area (Å²) in [6, 6.07) is 6.30. The Morgan fingerprint density at radius 2 is 1.96 bits per heavy atom. The van der Waals surface area contributed by atoms with Gasteiger partial charge in [-0.2, -0.15) is 0 Å². The molecular formula is C17H16N4O5. The molecule has 3 rings (SSSR count). The van der Waals surface area contributed by atoms with Crippen molar-refractivity contribution >= 4 is 17.5 Å². The Balaban J connectivity index is 1.86. The SMILES string of the molecule is NC(=O)c1cc2c([nH]c1=O)CCCC2NC(=O)c1ccc([N+](=O)[O-])cc1. The average molecular weight is 356 g/mol. The van der Waals surface area contributed by atoms with Gasteiger partial charge in [0.2, 0.25) is 0 Å². The van der Waals surface area contributed by atoms with Crippen molar-refractivity contribution in [1.29, 1.82) is 0 Å². The zero-order valence-electron chi connectivity index (χ0n) is 13.7. The number of carbonyl (C=O) groups is 2. The number of non-ortho nitro benzene ring substituents is 1. The molecule has 0 radical (unpaired) electrons. The summed E-state index contributed by atoms with van der Waals surface area (Å²) in [5.41, 5.74) is 6.02. The van der Waals surface area contributed by atoms with E-state index in [-0.39, 0.29) is 16.8 Å². The van der Waals surface area contributed by atoms with Crippen molar-refractivity contribution in [3.05, 3.63) is 73.2 Å². The summed E-state index contributed by atoms with van der Waals surface area (Å²) in [5.74, 6) is -1.23. The molecule has 1 atom stereocenters. The number of hydrogen-bond acceptors (Lipinski definition) is 5. The minimum Gasteiger partial charge on any atom is -0.365 e. The van der Waals surface area contributed by atoms with Crippen molar-refractivity contribution in [2.75, 3.05) is 0 Å². The second kappa shape index (κ2) is 6.79. The first-order chi connectivity index (χ1) is 12.4. The molecule has 9 heteroatoms. The predicted molar refractivity (Wildman–Crippen MR) is 91.8 cm³/mol. The molecule has 26 heavy (non-hydrogen) atoms. The van der Waals surface area contributed by atoms with Crippen LogP contribution in [0.15, 0.2) is 35.1 Å². The van der Waals surface area contributed by atoms with Crippen LogP contribution in [-0.4, -0.2) is 21.7 Å². The van der Waals surface area contributed by atoms with Gasteiger partial charge in [-0.05, 0) is 43.0 Å². The highest BCUT2D eigenvalue weighted by molar-refractivity contribution is 5.95. The number of aryl methyl sites for hydroxylation is 1. The summed E-state index contributed by atoms with van der Waals surface area (Å²) >= 11 is 0. The van der Waals surface area contributed by atoms with Crippen LogP contribution in [0, 0.1) is 10.1 Å². The molecule has 0 spiro atoms. The van der Waals surface area contributed by atoms with Gasteiger partial charge in [0, 0.05) is 23.4 Å². The molecule has 2 aromatic rings. The Bertz CT molecular complexity index is 949. The van der Waals surface area contributed by atoms with Gasteiger partial charge in [0.1, 0.15) is 5.56 Å². The Hall–Kier alpha value is -3.49. The molecule has 0 saturated heterocycles. The van der Waals surface area contributed by atoms with Crippen LogP contribution in [-0.2, 0) is 6.42 Å². The quantitative estimate of drug-likeness (QED) is 0.556. The van der Waals surface area contributed by atoms with Crippen LogP contribution in [0.2, 0.25) is 0 Å². The lowest BCUT2D eigenvalue weighted by atomic mass is 9.90. The van der Waals surface area contributed by atoms with E-state index < -0.39 is 28.3 Å². The summed E-state index contributed by atoms with van der Waals surface area (Å²) in [4.78, 5) is 48.5. The van der Waals surface area contributed by atoms with Crippen molar-refractivity contribution in [1.82, 2.24) is 10.3 Å². The maximum Gasteiger partial charge on any atom is 0.269 e. The first-order valence-corrected chi connectivity index (χ1v) is 7.98. The number of nitrogens with one attached hydrogen (secondary N) is 2. The van der Waals surface area contributed by atoms with Gasteiger partial charge in [-0.15, -0.1) is 0 Å². The third kappa shape index (κ3) is 3.32. The first-order valence-electron chi connectivity index (χ1n) is 7.98. The van der Waals surface area contributed by atoms with Gasteiger partial charge >= 0.3 is 0 Å². The van der Waals surface area contributed by atoms with E-state index in [0.717, 1.165) is 6.42 Å². The van der Waals surface area contributed by atoms with Crippen LogP contribution in [0.25, 0.3) is 0 Å². The van der Waals surface area contributed by atoms with E-state index in [1.54, 1.807) is 0 Å². The van der Waals surface area contributed by atoms with Gasteiger partial charge in [0.25, 0.3) is 23.1 Å². The molecule has 1 heterocycles. The molecule has 1 aliphatic rings. The van der Waals surface area contributed by atoms with Crippen molar-refractivity contribution in [2.45, 2.75) is 25.3 Å². The van der Waals surface area contributed by atoms with Crippen LogP contribution in [0.3, 0.4) is 0 Å². The van der Waals surface area contributed by atoms with Crippen molar-refractivity contribution in [3.63, 3.8) is 0 Å². The molecule has 4 N–H and O–H groups in total. The third-order valence-corrected chi connectivity index (χ3v) is 4.36. The third-order valence-electron chi connectivity index (χ3n) is 4.36. The van der Waals surface area contributed by atoms with Crippen molar-refractivity contribution < 1.29 is 14.5 Å². The number of benzene rings is 1. The number of carbonyl (C=O) groups excluding carboxylic acids is 2. The number of pyridine rings is 1. The normalized spacial score (nSPS) is 15.8. The Morgan fingerprint density at radius 3 is 2.58 bits per heavy atom. The number of rotatable bonds is 4. The minimum atomic E-state index is -0.833. The maximum atomic E-state index is 12.4.